The quantitative estimate of drug-likeness (QED) is 0.344. The lowest BCUT2D eigenvalue weighted by Gasteiger charge is -2.47. The van der Waals surface area contributed by atoms with Gasteiger partial charge in [-0.15, -0.1) is 0 Å². The molecule has 0 spiro atoms. The number of imidazole rings is 1. The van der Waals surface area contributed by atoms with Gasteiger partial charge in [0.1, 0.15) is 12.1 Å². The molecule has 0 radical (unpaired) electrons. The minimum atomic E-state index is -0.647. The van der Waals surface area contributed by atoms with Crippen molar-refractivity contribution in [3.63, 3.8) is 0 Å². The van der Waals surface area contributed by atoms with Crippen LogP contribution in [-0.2, 0) is 28.9 Å². The summed E-state index contributed by atoms with van der Waals surface area (Å²) in [5.74, 6) is 0.00745. The van der Waals surface area contributed by atoms with Crippen LogP contribution in [-0.4, -0.2) is 86.1 Å². The largest absolute Gasteiger partial charge is 0.446 e. The van der Waals surface area contributed by atoms with Crippen molar-refractivity contribution in [3.8, 4) is 0 Å². The highest BCUT2D eigenvalue weighted by atomic mass is 35.5. The van der Waals surface area contributed by atoms with Gasteiger partial charge in [0.2, 0.25) is 5.91 Å². The molecule has 1 aromatic carbocycles. The number of aromatic nitrogens is 3. The number of amides is 2. The maximum atomic E-state index is 14.7. The van der Waals surface area contributed by atoms with E-state index in [1.807, 2.05) is 35.8 Å². The molecule has 3 fully saturated rings. The molecule has 3 aromatic rings. The van der Waals surface area contributed by atoms with Crippen molar-refractivity contribution in [2.45, 2.75) is 89.4 Å². The highest BCUT2D eigenvalue weighted by molar-refractivity contribution is 6.30. The Morgan fingerprint density at radius 2 is 1.87 bits per heavy atom. The van der Waals surface area contributed by atoms with Gasteiger partial charge in [0.25, 0.3) is 0 Å². The number of likely N-dealkylation sites (tertiary alicyclic amines) is 1. The van der Waals surface area contributed by atoms with Crippen LogP contribution in [0, 0.1) is 5.41 Å². The number of halogens is 1. The first-order valence-corrected chi connectivity index (χ1v) is 17.4. The monoisotopic (exact) mass is 644 g/mol. The van der Waals surface area contributed by atoms with Crippen LogP contribution in [0.25, 0.3) is 0 Å². The van der Waals surface area contributed by atoms with Gasteiger partial charge in [-0.3, -0.25) is 19.6 Å². The number of ether oxygens (including phenoxy) is 1. The lowest BCUT2D eigenvalue weighted by Crippen LogP contribution is -2.63. The van der Waals surface area contributed by atoms with E-state index in [1.54, 1.807) is 11.1 Å². The van der Waals surface area contributed by atoms with Gasteiger partial charge in [-0.05, 0) is 86.3 Å². The predicted molar refractivity (Wildman–Crippen MR) is 177 cm³/mol. The standard InChI is InChI=1S/C36H45ClN6O3/c1-36(23-40-18-16-38-25-40)14-6-17-42(24-36)34(44)31-22-41(19-20-43(31)35(45)46-29-8-3-2-4-9-29)33-30-13-12-28(37)21-27(30)11-10-26-7-5-15-39-32(26)33/h5,7,12-13,15-16,18,21,25,29,31,33H,2-4,6,8-11,14,17,19-20,22-24H2,1H3/t31-,33+,36?/m1/s1. The molecule has 10 heteroatoms. The topological polar surface area (TPSA) is 83.8 Å². The van der Waals surface area contributed by atoms with E-state index < -0.39 is 6.04 Å². The number of aryl methyl sites for hydroxylation is 2. The number of piperidine rings is 1. The van der Waals surface area contributed by atoms with E-state index in [-0.39, 0.29) is 29.6 Å². The number of piperazine rings is 1. The van der Waals surface area contributed by atoms with Gasteiger partial charge >= 0.3 is 6.09 Å². The van der Waals surface area contributed by atoms with Crippen molar-refractivity contribution in [1.82, 2.24) is 29.2 Å². The fraction of sp³-hybridized carbons (Fsp3) is 0.556. The van der Waals surface area contributed by atoms with E-state index in [1.165, 1.54) is 23.1 Å². The van der Waals surface area contributed by atoms with Crippen molar-refractivity contribution in [2.75, 3.05) is 32.7 Å². The maximum Gasteiger partial charge on any atom is 0.410 e. The summed E-state index contributed by atoms with van der Waals surface area (Å²) in [6, 6.07) is 9.54. The highest BCUT2D eigenvalue weighted by Crippen LogP contribution is 2.39. The molecule has 7 rings (SSSR count). The van der Waals surface area contributed by atoms with Crippen LogP contribution in [0.4, 0.5) is 4.79 Å². The molecular formula is C36H45ClN6O3. The second-order valence-corrected chi connectivity index (χ2v) is 14.5. The summed E-state index contributed by atoms with van der Waals surface area (Å²) < 4.78 is 8.20. The van der Waals surface area contributed by atoms with E-state index >= 15 is 0 Å². The molecule has 2 aliphatic carbocycles. The zero-order chi connectivity index (χ0) is 31.7. The van der Waals surface area contributed by atoms with Gasteiger partial charge in [0, 0.05) is 68.3 Å². The first-order valence-electron chi connectivity index (χ1n) is 17.0. The number of fused-ring (bicyclic) bond motifs is 2. The van der Waals surface area contributed by atoms with Crippen LogP contribution in [0.3, 0.4) is 0 Å². The lowest BCUT2D eigenvalue weighted by atomic mass is 9.81. The summed E-state index contributed by atoms with van der Waals surface area (Å²) >= 11 is 6.48. The van der Waals surface area contributed by atoms with Gasteiger partial charge in [0.05, 0.1) is 18.1 Å². The molecule has 1 saturated carbocycles. The van der Waals surface area contributed by atoms with Crippen LogP contribution < -0.4 is 0 Å². The summed E-state index contributed by atoms with van der Waals surface area (Å²) in [5.41, 5.74) is 4.55. The first-order chi connectivity index (χ1) is 22.4. The molecule has 4 aliphatic rings. The van der Waals surface area contributed by atoms with Crippen molar-refractivity contribution >= 4 is 23.6 Å². The molecule has 46 heavy (non-hydrogen) atoms. The number of carbonyl (C=O) groups is 2. The Morgan fingerprint density at radius 3 is 2.70 bits per heavy atom. The molecule has 9 nitrogen and oxygen atoms in total. The zero-order valence-corrected chi connectivity index (χ0v) is 27.6. The Hall–Kier alpha value is -3.43. The van der Waals surface area contributed by atoms with Gasteiger partial charge < -0.3 is 14.2 Å². The third kappa shape index (κ3) is 6.54. The molecule has 2 amide bonds. The van der Waals surface area contributed by atoms with E-state index in [2.05, 4.69) is 39.6 Å². The van der Waals surface area contributed by atoms with Crippen LogP contribution >= 0.6 is 11.6 Å². The Balaban J connectivity index is 1.19. The third-order valence-corrected chi connectivity index (χ3v) is 10.8. The molecule has 0 N–H and O–H groups in total. The molecule has 1 unspecified atom stereocenters. The number of rotatable bonds is 5. The van der Waals surface area contributed by atoms with E-state index in [9.17, 15) is 9.59 Å². The Morgan fingerprint density at radius 1 is 1.02 bits per heavy atom. The third-order valence-electron chi connectivity index (χ3n) is 10.6. The Bertz CT molecular complexity index is 1540. The predicted octanol–water partition coefficient (Wildman–Crippen LogP) is 5.90. The molecule has 0 bridgehead atoms. The second kappa shape index (κ2) is 13.4. The summed E-state index contributed by atoms with van der Waals surface area (Å²) in [4.78, 5) is 43.8. The summed E-state index contributed by atoms with van der Waals surface area (Å²) in [5, 5.41) is 0.726. The summed E-state index contributed by atoms with van der Waals surface area (Å²) in [6.07, 6.45) is 15.9. The molecule has 2 saturated heterocycles. The number of benzene rings is 1. The highest BCUT2D eigenvalue weighted by Gasteiger charge is 2.44. The number of carbonyl (C=O) groups excluding carboxylic acids is 2. The average molecular weight is 645 g/mol. The van der Waals surface area contributed by atoms with Crippen LogP contribution in [0.15, 0.2) is 55.2 Å². The molecular weight excluding hydrogens is 600 g/mol. The lowest BCUT2D eigenvalue weighted by molar-refractivity contribution is -0.143. The average Bonchev–Trinajstić information content (AvgIpc) is 3.51. The van der Waals surface area contributed by atoms with Gasteiger partial charge in [-0.2, -0.15) is 0 Å². The number of hydrogen-bond acceptors (Lipinski definition) is 6. The SMILES string of the molecule is CC1(Cn2ccnc2)CCCN(C(=O)[C@H]2CN([C@H]3c4ccc(Cl)cc4CCc4cccnc43)CCN2C(=O)OC2CCCCC2)C1. The van der Waals surface area contributed by atoms with Crippen LogP contribution in [0.2, 0.25) is 5.02 Å². The fourth-order valence-corrected chi connectivity index (χ4v) is 8.47. The number of nitrogens with zero attached hydrogens (tertiary/aromatic N) is 6. The van der Waals surface area contributed by atoms with Crippen molar-refractivity contribution in [1.29, 1.82) is 0 Å². The summed E-state index contributed by atoms with van der Waals surface area (Å²) in [6.45, 7) is 5.83. The summed E-state index contributed by atoms with van der Waals surface area (Å²) in [7, 11) is 0. The number of hydrogen-bond donors (Lipinski definition) is 0. The first kappa shape index (κ1) is 31.2. The molecule has 4 heterocycles. The molecule has 3 atom stereocenters. The van der Waals surface area contributed by atoms with Crippen molar-refractivity contribution in [2.24, 2.45) is 5.41 Å². The normalized spacial score (nSPS) is 25.8. The van der Waals surface area contributed by atoms with Crippen LogP contribution in [0.5, 0.6) is 0 Å². The zero-order valence-electron chi connectivity index (χ0n) is 26.8. The maximum absolute atomic E-state index is 14.7. The van der Waals surface area contributed by atoms with Crippen LogP contribution in [0.1, 0.15) is 80.3 Å². The minimum absolute atomic E-state index is 0.00745. The van der Waals surface area contributed by atoms with Crippen molar-refractivity contribution < 1.29 is 14.3 Å². The van der Waals surface area contributed by atoms with Gasteiger partial charge in [-0.25, -0.2) is 9.78 Å². The smallest absolute Gasteiger partial charge is 0.410 e. The second-order valence-electron chi connectivity index (χ2n) is 14.1. The van der Waals surface area contributed by atoms with E-state index in [0.29, 0.717) is 32.7 Å². The molecule has 2 aromatic heterocycles. The van der Waals surface area contributed by atoms with Gasteiger partial charge in [0.15, 0.2) is 0 Å². The van der Waals surface area contributed by atoms with E-state index in [0.717, 1.165) is 68.6 Å². The minimum Gasteiger partial charge on any atom is -0.446 e. The van der Waals surface area contributed by atoms with E-state index in [4.69, 9.17) is 21.3 Å². The molecule has 244 valence electrons. The van der Waals surface area contributed by atoms with Gasteiger partial charge in [-0.1, -0.05) is 37.1 Å². The fourth-order valence-electron chi connectivity index (χ4n) is 8.28. The van der Waals surface area contributed by atoms with Crippen molar-refractivity contribution in [3.05, 3.63) is 82.7 Å². The Kier molecular flexibility index (Phi) is 9.06. The molecule has 2 aliphatic heterocycles. The number of pyridine rings is 1. The Labute approximate surface area is 276 Å².